The van der Waals surface area contributed by atoms with E-state index in [1.165, 1.54) is 6.07 Å². The zero-order valence-corrected chi connectivity index (χ0v) is 18.1. The van der Waals surface area contributed by atoms with Gasteiger partial charge in [-0.3, -0.25) is 4.79 Å². The lowest BCUT2D eigenvalue weighted by atomic mass is 9.99. The van der Waals surface area contributed by atoms with Crippen molar-refractivity contribution in [2.45, 2.75) is 32.2 Å². The van der Waals surface area contributed by atoms with E-state index >= 15 is 0 Å². The minimum atomic E-state index is -0.325. The lowest BCUT2D eigenvalue weighted by Gasteiger charge is -2.27. The predicted molar refractivity (Wildman–Crippen MR) is 116 cm³/mol. The molecule has 0 radical (unpaired) electrons. The molecular weight excluding hydrogens is 401 g/mol. The second kappa shape index (κ2) is 8.47. The van der Waals surface area contributed by atoms with Crippen LogP contribution in [-0.2, 0) is 11.2 Å². The minimum absolute atomic E-state index is 0.0206. The van der Waals surface area contributed by atoms with E-state index in [0.29, 0.717) is 29.3 Å². The van der Waals surface area contributed by atoms with Gasteiger partial charge in [0, 0.05) is 43.3 Å². The van der Waals surface area contributed by atoms with E-state index in [1.807, 2.05) is 36.2 Å². The second-order valence-corrected chi connectivity index (χ2v) is 8.69. The van der Waals surface area contributed by atoms with E-state index in [9.17, 15) is 9.18 Å². The van der Waals surface area contributed by atoms with Crippen molar-refractivity contribution in [3.63, 3.8) is 0 Å². The van der Waals surface area contributed by atoms with Gasteiger partial charge in [0.2, 0.25) is 11.9 Å². The largest absolute Gasteiger partial charge is 0.347 e. The molecule has 156 valence electrons. The summed E-state index contributed by atoms with van der Waals surface area (Å²) in [5.74, 6) is 0.237. The standard InChI is InChI=1S/C22H24FN5OS/c1-14-25-15(13-30-14)11-20(29)28-10-6-9-19(28)21-17(12-24-22(26-21)27(2)3)16-7-4-5-8-18(16)23/h4-5,7-8,12-13,19H,6,9-11H2,1-3H3. The maximum Gasteiger partial charge on any atom is 0.229 e. The molecule has 1 aliphatic heterocycles. The maximum absolute atomic E-state index is 14.6. The van der Waals surface area contributed by atoms with Crippen molar-refractivity contribution >= 4 is 23.2 Å². The molecule has 1 aliphatic rings. The van der Waals surface area contributed by atoms with Crippen LogP contribution in [0.5, 0.6) is 0 Å². The third-order valence-corrected chi connectivity index (χ3v) is 6.08. The topological polar surface area (TPSA) is 62.2 Å². The molecule has 6 nitrogen and oxygen atoms in total. The summed E-state index contributed by atoms with van der Waals surface area (Å²) in [6.07, 6.45) is 3.60. The molecule has 3 heterocycles. The molecule has 8 heteroatoms. The number of likely N-dealkylation sites (tertiary alicyclic amines) is 1. The van der Waals surface area contributed by atoms with Crippen molar-refractivity contribution < 1.29 is 9.18 Å². The average molecular weight is 426 g/mol. The smallest absolute Gasteiger partial charge is 0.229 e. The van der Waals surface area contributed by atoms with Crippen molar-refractivity contribution in [1.82, 2.24) is 19.9 Å². The number of benzene rings is 1. The first-order valence-electron chi connectivity index (χ1n) is 9.93. The molecule has 30 heavy (non-hydrogen) atoms. The molecule has 1 aromatic carbocycles. The molecule has 0 N–H and O–H groups in total. The van der Waals surface area contributed by atoms with Gasteiger partial charge >= 0.3 is 0 Å². The van der Waals surface area contributed by atoms with Crippen LogP contribution < -0.4 is 4.90 Å². The van der Waals surface area contributed by atoms with Crippen LogP contribution in [0.15, 0.2) is 35.8 Å². The fourth-order valence-corrected chi connectivity index (χ4v) is 4.45. The highest BCUT2D eigenvalue weighted by molar-refractivity contribution is 7.09. The third kappa shape index (κ3) is 4.05. The third-order valence-electron chi connectivity index (χ3n) is 5.26. The van der Waals surface area contributed by atoms with E-state index in [2.05, 4.69) is 9.97 Å². The number of nitrogens with zero attached hydrogens (tertiary/aromatic N) is 5. The fraction of sp³-hybridized carbons (Fsp3) is 0.364. The van der Waals surface area contributed by atoms with Crippen LogP contribution in [0.4, 0.5) is 10.3 Å². The van der Waals surface area contributed by atoms with Gasteiger partial charge in [-0.1, -0.05) is 18.2 Å². The summed E-state index contributed by atoms with van der Waals surface area (Å²) in [6, 6.07) is 6.40. The first-order valence-corrected chi connectivity index (χ1v) is 10.8. The van der Waals surface area contributed by atoms with Gasteiger partial charge in [-0.15, -0.1) is 11.3 Å². The number of hydrogen-bond donors (Lipinski definition) is 0. The molecule has 1 fully saturated rings. The number of anilines is 1. The Morgan fingerprint density at radius 2 is 2.07 bits per heavy atom. The summed E-state index contributed by atoms with van der Waals surface area (Å²) in [7, 11) is 3.73. The zero-order chi connectivity index (χ0) is 21.3. The summed E-state index contributed by atoms with van der Waals surface area (Å²) in [5.41, 5.74) is 2.57. The number of carbonyl (C=O) groups is 1. The van der Waals surface area contributed by atoms with Gasteiger partial charge in [0.1, 0.15) is 5.82 Å². The van der Waals surface area contributed by atoms with E-state index < -0.39 is 0 Å². The monoisotopic (exact) mass is 425 g/mol. The summed E-state index contributed by atoms with van der Waals surface area (Å²) in [4.78, 5) is 30.4. The van der Waals surface area contributed by atoms with E-state index in [1.54, 1.807) is 35.7 Å². The van der Waals surface area contributed by atoms with Crippen LogP contribution in [0.2, 0.25) is 0 Å². The minimum Gasteiger partial charge on any atom is -0.347 e. The summed E-state index contributed by atoms with van der Waals surface area (Å²) in [6.45, 7) is 2.59. The van der Waals surface area contributed by atoms with Crippen molar-refractivity contribution in [2.24, 2.45) is 0 Å². The Labute approximate surface area is 179 Å². The molecule has 0 aliphatic carbocycles. The molecule has 4 rings (SSSR count). The van der Waals surface area contributed by atoms with Crippen LogP contribution in [0.25, 0.3) is 11.1 Å². The number of amides is 1. The van der Waals surface area contributed by atoms with Gasteiger partial charge in [-0.25, -0.2) is 19.3 Å². The van der Waals surface area contributed by atoms with Crippen LogP contribution in [0.3, 0.4) is 0 Å². The quantitative estimate of drug-likeness (QED) is 0.618. The molecule has 2 aromatic heterocycles. The number of carbonyl (C=O) groups excluding carboxylic acids is 1. The highest BCUT2D eigenvalue weighted by Gasteiger charge is 2.34. The highest BCUT2D eigenvalue weighted by Crippen LogP contribution is 2.38. The summed E-state index contributed by atoms with van der Waals surface area (Å²) >= 11 is 1.54. The Balaban J connectivity index is 1.72. The van der Waals surface area contributed by atoms with Crippen molar-refractivity contribution in [1.29, 1.82) is 0 Å². The number of halogens is 1. The Bertz CT molecular complexity index is 1070. The van der Waals surface area contributed by atoms with Crippen molar-refractivity contribution in [3.8, 4) is 11.1 Å². The van der Waals surface area contributed by atoms with Crippen LogP contribution in [0, 0.1) is 12.7 Å². The lowest BCUT2D eigenvalue weighted by molar-refractivity contribution is -0.131. The van der Waals surface area contributed by atoms with Crippen LogP contribution in [-0.4, -0.2) is 46.4 Å². The fourth-order valence-electron chi connectivity index (χ4n) is 3.84. The number of hydrogen-bond acceptors (Lipinski definition) is 6. The summed E-state index contributed by atoms with van der Waals surface area (Å²) in [5, 5.41) is 2.88. The van der Waals surface area contributed by atoms with Gasteiger partial charge in [0.25, 0.3) is 0 Å². The molecule has 0 saturated carbocycles. The Kier molecular flexibility index (Phi) is 5.76. The molecule has 1 unspecified atom stereocenters. The molecule has 1 amide bonds. The molecule has 3 aromatic rings. The Hall–Kier alpha value is -2.87. The summed E-state index contributed by atoms with van der Waals surface area (Å²) < 4.78 is 14.6. The van der Waals surface area contributed by atoms with Crippen LogP contribution >= 0.6 is 11.3 Å². The second-order valence-electron chi connectivity index (χ2n) is 7.62. The number of aromatic nitrogens is 3. The molecule has 0 bridgehead atoms. The maximum atomic E-state index is 14.6. The number of thiazole rings is 1. The van der Waals surface area contributed by atoms with Crippen molar-refractivity contribution in [3.05, 3.63) is 58.1 Å². The van der Waals surface area contributed by atoms with Gasteiger partial charge in [-0.05, 0) is 25.8 Å². The Morgan fingerprint density at radius 3 is 2.77 bits per heavy atom. The van der Waals surface area contributed by atoms with Gasteiger partial charge < -0.3 is 9.80 Å². The molecular formula is C22H24FN5OS. The zero-order valence-electron chi connectivity index (χ0n) is 17.3. The van der Waals surface area contributed by atoms with Gasteiger partial charge in [0.05, 0.1) is 28.9 Å². The van der Waals surface area contributed by atoms with Crippen molar-refractivity contribution in [2.75, 3.05) is 25.5 Å². The highest BCUT2D eigenvalue weighted by atomic mass is 32.1. The predicted octanol–water partition coefficient (Wildman–Crippen LogP) is 4.02. The van der Waals surface area contributed by atoms with Gasteiger partial charge in [0.15, 0.2) is 0 Å². The first-order chi connectivity index (χ1) is 14.4. The first kappa shape index (κ1) is 20.4. The lowest BCUT2D eigenvalue weighted by Crippen LogP contribution is -2.33. The van der Waals surface area contributed by atoms with Gasteiger partial charge in [-0.2, -0.15) is 0 Å². The van der Waals surface area contributed by atoms with Crippen LogP contribution in [0.1, 0.15) is 35.3 Å². The van der Waals surface area contributed by atoms with E-state index in [4.69, 9.17) is 4.98 Å². The molecule has 0 spiro atoms. The number of aryl methyl sites for hydroxylation is 1. The molecule has 1 saturated heterocycles. The van der Waals surface area contributed by atoms with E-state index in [-0.39, 0.29) is 24.2 Å². The SMILES string of the molecule is Cc1nc(CC(=O)N2CCCC2c2nc(N(C)C)ncc2-c2ccccc2F)cs1. The number of rotatable bonds is 5. The van der Waals surface area contributed by atoms with E-state index in [0.717, 1.165) is 23.5 Å². The molecule has 1 atom stereocenters. The average Bonchev–Trinajstić information content (AvgIpc) is 3.37. The Morgan fingerprint density at radius 1 is 1.27 bits per heavy atom. The normalized spacial score (nSPS) is 16.1.